The molecular weight excluding hydrogens is 366 g/mol. The predicted molar refractivity (Wildman–Crippen MR) is 111 cm³/mol. The van der Waals surface area contributed by atoms with Crippen LogP contribution in [0.2, 0.25) is 0 Å². The van der Waals surface area contributed by atoms with Gasteiger partial charge >= 0.3 is 0 Å². The number of hydrogen-bond acceptors (Lipinski definition) is 6. The van der Waals surface area contributed by atoms with Gasteiger partial charge in [0.25, 0.3) is 0 Å². The number of benzene rings is 1. The number of likely N-dealkylation sites (N-methyl/N-ethyl adjacent to an activating group) is 1. The van der Waals surface area contributed by atoms with E-state index in [0.717, 1.165) is 38.3 Å². The summed E-state index contributed by atoms with van der Waals surface area (Å²) in [6, 6.07) is 8.71. The largest absolute Gasteiger partial charge is 0.339 e. The zero-order valence-electron chi connectivity index (χ0n) is 17.7. The quantitative estimate of drug-likeness (QED) is 0.716. The number of amides is 1. The molecule has 4 rings (SSSR count). The summed E-state index contributed by atoms with van der Waals surface area (Å²) in [6.45, 7) is 11.2. The highest BCUT2D eigenvalue weighted by atomic mass is 16.5. The zero-order chi connectivity index (χ0) is 20.4. The van der Waals surface area contributed by atoms with Crippen LogP contribution in [0.3, 0.4) is 0 Å². The fourth-order valence-electron chi connectivity index (χ4n) is 4.00. The van der Waals surface area contributed by atoms with Gasteiger partial charge in [0.15, 0.2) is 0 Å². The van der Waals surface area contributed by atoms with Crippen LogP contribution in [0.25, 0.3) is 11.4 Å². The second-order valence-corrected chi connectivity index (χ2v) is 8.22. The molecule has 0 N–H and O–H groups in total. The van der Waals surface area contributed by atoms with Crippen LogP contribution in [-0.2, 0) is 4.79 Å². The summed E-state index contributed by atoms with van der Waals surface area (Å²) in [5.74, 6) is 1.56. The third kappa shape index (κ3) is 4.67. The van der Waals surface area contributed by atoms with Gasteiger partial charge in [-0.2, -0.15) is 4.98 Å². The summed E-state index contributed by atoms with van der Waals surface area (Å²) < 4.78 is 5.56. The average molecular weight is 398 g/mol. The van der Waals surface area contributed by atoms with Crippen LogP contribution >= 0.6 is 0 Å². The summed E-state index contributed by atoms with van der Waals surface area (Å²) >= 11 is 0. The summed E-state index contributed by atoms with van der Waals surface area (Å²) in [4.78, 5) is 23.8. The van der Waals surface area contributed by atoms with E-state index in [9.17, 15) is 4.79 Å². The molecule has 1 aromatic carbocycles. The Morgan fingerprint density at radius 1 is 1.21 bits per heavy atom. The van der Waals surface area contributed by atoms with Crippen molar-refractivity contribution < 1.29 is 9.32 Å². The van der Waals surface area contributed by atoms with E-state index in [2.05, 4.69) is 52.8 Å². The number of aryl methyl sites for hydroxylation is 1. The van der Waals surface area contributed by atoms with Crippen molar-refractivity contribution in [3.8, 4) is 11.4 Å². The Hall–Kier alpha value is -2.25. The molecule has 1 aliphatic carbocycles. The van der Waals surface area contributed by atoms with Crippen LogP contribution in [0.4, 0.5) is 0 Å². The van der Waals surface area contributed by atoms with Gasteiger partial charge in [-0.15, -0.1) is 0 Å². The second-order valence-electron chi connectivity index (χ2n) is 8.22. The van der Waals surface area contributed by atoms with Crippen molar-refractivity contribution in [2.75, 3.05) is 39.3 Å². The summed E-state index contributed by atoms with van der Waals surface area (Å²) in [6.07, 6.45) is 2.33. The van der Waals surface area contributed by atoms with E-state index in [1.54, 1.807) is 0 Å². The lowest BCUT2D eigenvalue weighted by molar-refractivity contribution is -0.133. The summed E-state index contributed by atoms with van der Waals surface area (Å²) in [5.41, 5.74) is 2.18. The maximum atomic E-state index is 12.6. The Morgan fingerprint density at radius 3 is 2.52 bits per heavy atom. The summed E-state index contributed by atoms with van der Waals surface area (Å²) in [7, 11) is 0. The van der Waals surface area contributed by atoms with Crippen molar-refractivity contribution >= 4 is 5.91 Å². The molecule has 2 heterocycles. The molecule has 0 unspecified atom stereocenters. The maximum Gasteiger partial charge on any atom is 0.244 e. The molecule has 0 spiro atoms. The number of carbonyl (C=O) groups is 1. The monoisotopic (exact) mass is 397 g/mol. The van der Waals surface area contributed by atoms with E-state index >= 15 is 0 Å². The van der Waals surface area contributed by atoms with Crippen LogP contribution in [0.1, 0.15) is 44.2 Å². The number of carbonyl (C=O) groups excluding carboxylic acids is 1. The molecule has 1 aromatic heterocycles. The minimum atomic E-state index is 0.0677. The van der Waals surface area contributed by atoms with Gasteiger partial charge in [-0.3, -0.25) is 14.6 Å². The Balaban J connectivity index is 1.30. The molecule has 1 saturated carbocycles. The van der Waals surface area contributed by atoms with E-state index in [4.69, 9.17) is 4.52 Å². The molecule has 29 heavy (non-hydrogen) atoms. The molecule has 7 nitrogen and oxygen atoms in total. The molecule has 0 radical (unpaired) electrons. The van der Waals surface area contributed by atoms with Gasteiger partial charge in [0.05, 0.1) is 12.6 Å². The van der Waals surface area contributed by atoms with Crippen LogP contribution in [-0.4, -0.2) is 76.1 Å². The van der Waals surface area contributed by atoms with Gasteiger partial charge in [-0.05, 0) is 33.6 Å². The molecule has 2 aliphatic rings. The van der Waals surface area contributed by atoms with Crippen LogP contribution in [0, 0.1) is 6.92 Å². The van der Waals surface area contributed by atoms with Crippen LogP contribution < -0.4 is 0 Å². The van der Waals surface area contributed by atoms with Gasteiger partial charge in [0.1, 0.15) is 0 Å². The topological polar surface area (TPSA) is 65.7 Å². The molecule has 7 heteroatoms. The van der Waals surface area contributed by atoms with Crippen LogP contribution in [0.15, 0.2) is 28.8 Å². The van der Waals surface area contributed by atoms with E-state index in [1.807, 2.05) is 17.0 Å². The van der Waals surface area contributed by atoms with Crippen molar-refractivity contribution in [3.05, 3.63) is 35.7 Å². The highest BCUT2D eigenvalue weighted by molar-refractivity contribution is 5.79. The number of nitrogens with zero attached hydrogens (tertiary/aromatic N) is 5. The summed E-state index contributed by atoms with van der Waals surface area (Å²) in [5, 5.41) is 4.16. The van der Waals surface area contributed by atoms with E-state index < -0.39 is 0 Å². The molecule has 2 aromatic rings. The lowest BCUT2D eigenvalue weighted by Crippen LogP contribution is -2.50. The third-order valence-electron chi connectivity index (χ3n) is 6.07. The van der Waals surface area contributed by atoms with E-state index in [-0.39, 0.29) is 11.9 Å². The van der Waals surface area contributed by atoms with E-state index in [0.29, 0.717) is 24.3 Å². The molecule has 1 atom stereocenters. The first-order valence-corrected chi connectivity index (χ1v) is 10.7. The van der Waals surface area contributed by atoms with Gasteiger partial charge in [0, 0.05) is 44.3 Å². The first-order valence-electron chi connectivity index (χ1n) is 10.7. The van der Waals surface area contributed by atoms with Crippen molar-refractivity contribution in [3.63, 3.8) is 0 Å². The minimum absolute atomic E-state index is 0.0677. The van der Waals surface area contributed by atoms with Crippen molar-refractivity contribution in [1.82, 2.24) is 24.8 Å². The van der Waals surface area contributed by atoms with Crippen molar-refractivity contribution in [2.45, 2.75) is 45.7 Å². The first-order chi connectivity index (χ1) is 14.0. The van der Waals surface area contributed by atoms with Gasteiger partial charge in [0.2, 0.25) is 17.6 Å². The predicted octanol–water partition coefficient (Wildman–Crippen LogP) is 2.73. The molecule has 0 bridgehead atoms. The lowest BCUT2D eigenvalue weighted by Gasteiger charge is -2.37. The van der Waals surface area contributed by atoms with Crippen LogP contribution in [0.5, 0.6) is 0 Å². The second kappa shape index (κ2) is 8.63. The Kier molecular flexibility index (Phi) is 5.96. The fraction of sp³-hybridized carbons (Fsp3) is 0.591. The number of rotatable bonds is 7. The fourth-order valence-corrected chi connectivity index (χ4v) is 4.00. The Bertz CT molecular complexity index is 822. The van der Waals surface area contributed by atoms with Gasteiger partial charge < -0.3 is 9.42 Å². The van der Waals surface area contributed by atoms with Gasteiger partial charge in [-0.25, -0.2) is 0 Å². The number of aromatic nitrogens is 2. The maximum absolute atomic E-state index is 12.6. The SMILES string of the molecule is CCN(C(=O)CN1CCN([C@H](C)c2nc(-c3ccc(C)cc3)no2)CC1)C1CC1. The Labute approximate surface area is 172 Å². The molecular formula is C22H31N5O2. The highest BCUT2D eigenvalue weighted by Gasteiger charge is 2.33. The molecule has 1 amide bonds. The zero-order valence-corrected chi connectivity index (χ0v) is 17.7. The van der Waals surface area contributed by atoms with E-state index in [1.165, 1.54) is 18.4 Å². The molecule has 1 saturated heterocycles. The van der Waals surface area contributed by atoms with Gasteiger partial charge in [-0.1, -0.05) is 35.0 Å². The molecule has 1 aliphatic heterocycles. The third-order valence-corrected chi connectivity index (χ3v) is 6.07. The normalized spacial score (nSPS) is 19.3. The number of piperazine rings is 1. The lowest BCUT2D eigenvalue weighted by atomic mass is 10.1. The minimum Gasteiger partial charge on any atom is -0.339 e. The molecule has 156 valence electrons. The highest BCUT2D eigenvalue weighted by Crippen LogP contribution is 2.27. The van der Waals surface area contributed by atoms with Crippen molar-refractivity contribution in [2.24, 2.45) is 0 Å². The first kappa shape index (κ1) is 20.0. The average Bonchev–Trinajstić information content (AvgIpc) is 3.44. The Morgan fingerprint density at radius 2 is 1.90 bits per heavy atom. The van der Waals surface area contributed by atoms with Crippen molar-refractivity contribution in [1.29, 1.82) is 0 Å². The smallest absolute Gasteiger partial charge is 0.244 e. The standard InChI is InChI=1S/C22H31N5O2/c1-4-27(19-9-10-19)20(28)15-25-11-13-26(14-12-25)17(3)22-23-21(24-29-22)18-7-5-16(2)6-8-18/h5-8,17,19H,4,9-15H2,1-3H3/t17-/m1/s1. The number of hydrogen-bond donors (Lipinski definition) is 0. The molecule has 2 fully saturated rings.